The minimum Gasteiger partial charge on any atom is -0.352 e. The van der Waals surface area contributed by atoms with Crippen LogP contribution in [0.25, 0.3) is 0 Å². The first-order chi connectivity index (χ1) is 13.5. The average molecular weight is 381 g/mol. The van der Waals surface area contributed by atoms with Gasteiger partial charge >= 0.3 is 0 Å². The maximum absolute atomic E-state index is 13.2. The van der Waals surface area contributed by atoms with Crippen LogP contribution in [-0.2, 0) is 22.6 Å². The minimum atomic E-state index is -0.482. The number of hydrogen-bond donors (Lipinski definition) is 1. The number of carbonyl (C=O) groups is 2. The van der Waals surface area contributed by atoms with Gasteiger partial charge in [0.15, 0.2) is 0 Å². The van der Waals surface area contributed by atoms with Gasteiger partial charge in [-0.3, -0.25) is 9.59 Å². The van der Waals surface area contributed by atoms with Crippen LogP contribution in [0.3, 0.4) is 0 Å². The largest absolute Gasteiger partial charge is 0.352 e. The first kappa shape index (κ1) is 21.7. The Labute approximate surface area is 169 Å². The molecule has 0 aliphatic rings. The van der Waals surface area contributed by atoms with E-state index >= 15 is 0 Å². The van der Waals surface area contributed by atoms with E-state index in [1.165, 1.54) is 0 Å². The fourth-order valence-electron chi connectivity index (χ4n) is 3.20. The van der Waals surface area contributed by atoms with E-state index in [-0.39, 0.29) is 17.9 Å². The number of amides is 2. The van der Waals surface area contributed by atoms with Crippen LogP contribution < -0.4 is 5.32 Å². The first-order valence-corrected chi connectivity index (χ1v) is 10.1. The summed E-state index contributed by atoms with van der Waals surface area (Å²) in [6, 6.07) is 17.3. The molecule has 0 saturated carbocycles. The summed E-state index contributed by atoms with van der Waals surface area (Å²) in [5, 5.41) is 3.05. The lowest BCUT2D eigenvalue weighted by Gasteiger charge is -2.32. The van der Waals surface area contributed by atoms with Gasteiger partial charge in [0.1, 0.15) is 6.04 Å². The van der Waals surface area contributed by atoms with Crippen molar-refractivity contribution in [3.63, 3.8) is 0 Å². The zero-order valence-corrected chi connectivity index (χ0v) is 17.4. The van der Waals surface area contributed by atoms with Gasteiger partial charge in [0.2, 0.25) is 11.8 Å². The quantitative estimate of drug-likeness (QED) is 0.707. The average Bonchev–Trinajstić information content (AvgIpc) is 2.69. The Morgan fingerprint density at radius 3 is 2.21 bits per heavy atom. The van der Waals surface area contributed by atoms with Crippen LogP contribution in [0.1, 0.15) is 50.3 Å². The summed E-state index contributed by atoms with van der Waals surface area (Å²) in [5.41, 5.74) is 3.15. The molecule has 2 aromatic rings. The fourth-order valence-corrected chi connectivity index (χ4v) is 3.20. The van der Waals surface area contributed by atoms with Crippen LogP contribution in [0.2, 0.25) is 0 Å². The van der Waals surface area contributed by atoms with Crippen molar-refractivity contribution in [3.05, 3.63) is 71.3 Å². The highest BCUT2D eigenvalue weighted by Gasteiger charge is 2.29. The van der Waals surface area contributed by atoms with Crippen molar-refractivity contribution in [1.82, 2.24) is 10.2 Å². The highest BCUT2D eigenvalue weighted by atomic mass is 16.2. The maximum Gasteiger partial charge on any atom is 0.243 e. The van der Waals surface area contributed by atoms with Crippen LogP contribution in [0, 0.1) is 6.92 Å². The molecule has 0 aromatic heterocycles. The van der Waals surface area contributed by atoms with Gasteiger partial charge in [-0.2, -0.15) is 0 Å². The van der Waals surface area contributed by atoms with E-state index in [1.807, 2.05) is 82.3 Å². The third kappa shape index (κ3) is 5.95. The maximum atomic E-state index is 13.2. The molecule has 0 spiro atoms. The Morgan fingerprint density at radius 1 is 0.964 bits per heavy atom. The molecule has 0 unspecified atom stereocenters. The number of benzene rings is 2. The molecular formula is C24H32N2O2. The van der Waals surface area contributed by atoms with Crippen molar-refractivity contribution in [3.8, 4) is 0 Å². The number of hydrogen-bond acceptors (Lipinski definition) is 2. The molecule has 4 nitrogen and oxygen atoms in total. The Bertz CT molecular complexity index is 773. The van der Waals surface area contributed by atoms with Crippen molar-refractivity contribution in [1.29, 1.82) is 0 Å². The first-order valence-electron chi connectivity index (χ1n) is 10.1. The molecule has 0 fully saturated rings. The molecule has 0 saturated heterocycles. The number of nitrogens with one attached hydrogen (secondary N) is 1. The predicted octanol–water partition coefficient (Wildman–Crippen LogP) is 4.26. The normalized spacial score (nSPS) is 12.9. The standard InChI is InChI=1S/C24H32N2O2/c1-5-19(4)25-24(28)22(6-2)26(17-21-15-11-10-12-18(21)3)23(27)16-20-13-8-7-9-14-20/h7-15,19,22H,5-6,16-17H2,1-4H3,(H,25,28)/t19-,22-/m0/s1. The van der Waals surface area contributed by atoms with Crippen molar-refractivity contribution in [2.24, 2.45) is 0 Å². The van der Waals surface area contributed by atoms with Gasteiger partial charge in [-0.05, 0) is 43.4 Å². The highest BCUT2D eigenvalue weighted by molar-refractivity contribution is 5.88. The fraction of sp³-hybridized carbons (Fsp3) is 0.417. The van der Waals surface area contributed by atoms with E-state index in [0.717, 1.165) is 23.1 Å². The molecule has 1 N–H and O–H groups in total. The smallest absolute Gasteiger partial charge is 0.243 e. The van der Waals surface area contributed by atoms with E-state index in [2.05, 4.69) is 5.32 Å². The molecular weight excluding hydrogens is 348 g/mol. The highest BCUT2D eigenvalue weighted by Crippen LogP contribution is 2.17. The summed E-state index contributed by atoms with van der Waals surface area (Å²) >= 11 is 0. The zero-order valence-electron chi connectivity index (χ0n) is 17.4. The third-order valence-corrected chi connectivity index (χ3v) is 5.19. The molecule has 0 radical (unpaired) electrons. The summed E-state index contributed by atoms with van der Waals surface area (Å²) in [6.45, 7) is 8.46. The second-order valence-corrected chi connectivity index (χ2v) is 7.35. The molecule has 28 heavy (non-hydrogen) atoms. The van der Waals surface area contributed by atoms with Gasteiger partial charge in [0.25, 0.3) is 0 Å². The van der Waals surface area contributed by atoms with Crippen LogP contribution in [0.5, 0.6) is 0 Å². The van der Waals surface area contributed by atoms with Crippen molar-refractivity contribution >= 4 is 11.8 Å². The van der Waals surface area contributed by atoms with Crippen LogP contribution in [0.4, 0.5) is 0 Å². The Kier molecular flexibility index (Phi) is 8.24. The van der Waals surface area contributed by atoms with Gasteiger partial charge in [0, 0.05) is 12.6 Å². The van der Waals surface area contributed by atoms with Gasteiger partial charge in [-0.15, -0.1) is 0 Å². The Morgan fingerprint density at radius 2 is 1.61 bits per heavy atom. The molecule has 2 amide bonds. The summed E-state index contributed by atoms with van der Waals surface area (Å²) in [7, 11) is 0. The van der Waals surface area contributed by atoms with Gasteiger partial charge in [-0.25, -0.2) is 0 Å². The topological polar surface area (TPSA) is 49.4 Å². The molecule has 0 bridgehead atoms. The molecule has 2 atom stereocenters. The van der Waals surface area contributed by atoms with E-state index in [9.17, 15) is 9.59 Å². The summed E-state index contributed by atoms with van der Waals surface area (Å²) < 4.78 is 0. The minimum absolute atomic E-state index is 0.0272. The summed E-state index contributed by atoms with van der Waals surface area (Å²) in [6.07, 6.45) is 1.73. The molecule has 0 heterocycles. The zero-order chi connectivity index (χ0) is 20.5. The monoisotopic (exact) mass is 380 g/mol. The van der Waals surface area contributed by atoms with Crippen molar-refractivity contribution in [2.75, 3.05) is 0 Å². The molecule has 2 aromatic carbocycles. The SMILES string of the molecule is CC[C@H](C)NC(=O)[C@H](CC)N(Cc1ccccc1C)C(=O)Cc1ccccc1. The van der Waals surface area contributed by atoms with E-state index in [4.69, 9.17) is 0 Å². The number of nitrogens with zero attached hydrogens (tertiary/aromatic N) is 1. The Balaban J connectivity index is 2.29. The lowest BCUT2D eigenvalue weighted by molar-refractivity contribution is -0.141. The van der Waals surface area contributed by atoms with Crippen LogP contribution >= 0.6 is 0 Å². The summed E-state index contributed by atoms with van der Waals surface area (Å²) in [5.74, 6) is -0.104. The Hall–Kier alpha value is -2.62. The molecule has 0 aliphatic heterocycles. The molecule has 0 aliphatic carbocycles. The van der Waals surface area contributed by atoms with E-state index < -0.39 is 6.04 Å². The van der Waals surface area contributed by atoms with E-state index in [1.54, 1.807) is 4.90 Å². The molecule has 150 valence electrons. The summed E-state index contributed by atoms with van der Waals surface area (Å²) in [4.78, 5) is 27.9. The van der Waals surface area contributed by atoms with Gasteiger partial charge < -0.3 is 10.2 Å². The third-order valence-electron chi connectivity index (χ3n) is 5.19. The second kappa shape index (κ2) is 10.6. The lowest BCUT2D eigenvalue weighted by Crippen LogP contribution is -2.51. The van der Waals surface area contributed by atoms with Crippen molar-refractivity contribution in [2.45, 2.75) is 65.6 Å². The number of carbonyl (C=O) groups excluding carboxylic acids is 2. The van der Waals surface area contributed by atoms with Crippen LogP contribution in [-0.4, -0.2) is 28.8 Å². The van der Waals surface area contributed by atoms with E-state index in [0.29, 0.717) is 19.4 Å². The lowest BCUT2D eigenvalue weighted by atomic mass is 10.0. The predicted molar refractivity (Wildman–Crippen MR) is 114 cm³/mol. The molecule has 2 rings (SSSR count). The molecule has 4 heteroatoms. The number of aryl methyl sites for hydroxylation is 1. The van der Waals surface area contributed by atoms with Crippen molar-refractivity contribution < 1.29 is 9.59 Å². The van der Waals surface area contributed by atoms with Gasteiger partial charge in [-0.1, -0.05) is 68.4 Å². The second-order valence-electron chi connectivity index (χ2n) is 7.35. The van der Waals surface area contributed by atoms with Gasteiger partial charge in [0.05, 0.1) is 6.42 Å². The number of rotatable bonds is 9. The van der Waals surface area contributed by atoms with Crippen LogP contribution in [0.15, 0.2) is 54.6 Å².